The van der Waals surface area contributed by atoms with Gasteiger partial charge in [-0.05, 0) is 72.5 Å². The molecule has 1 aliphatic heterocycles. The Hall–Kier alpha value is -5.68. The van der Waals surface area contributed by atoms with Crippen LogP contribution in [0.4, 0.5) is 13.2 Å². The average molecular weight is 874 g/mol. The molecular formula is C44H43ClF3N7O5S. The van der Waals surface area contributed by atoms with E-state index in [4.69, 9.17) is 30.8 Å². The van der Waals surface area contributed by atoms with E-state index in [0.29, 0.717) is 50.0 Å². The standard InChI is InChI=1S/C44H43ClF3N7O5S/c1-27-30(11-12-35(40(27)45)58-22-21-54-19-17-52(2)18-20-54)38-39-37(24-49-41(38)32-8-6-9-33-31(32)14-16-53(33)3)61-51-42(39)60-36(43(56)57)23-28-7-4-5-10-34(28)59-25-29-13-15-50-55(29)26-44(46,47)48/h4-16,24,36H,17-23,25-26H2,1-3H3,(H,56,57). The number of aryl methyl sites for hydroxylation is 1. The number of aromatic nitrogens is 5. The molecule has 17 heteroatoms. The number of aliphatic carboxylic acids is 1. The fourth-order valence-corrected chi connectivity index (χ4v) is 8.56. The zero-order valence-corrected chi connectivity index (χ0v) is 35.2. The van der Waals surface area contributed by atoms with E-state index in [-0.39, 0.29) is 24.6 Å². The third kappa shape index (κ3) is 9.17. The number of carbonyl (C=O) groups is 1. The first kappa shape index (κ1) is 42.0. The average Bonchev–Trinajstić information content (AvgIpc) is 3.97. The first-order chi connectivity index (χ1) is 29.3. The smallest absolute Gasteiger partial charge is 0.408 e. The summed E-state index contributed by atoms with van der Waals surface area (Å²) in [4.78, 5) is 22.7. The Balaban J connectivity index is 1.14. The van der Waals surface area contributed by atoms with Gasteiger partial charge in [-0.1, -0.05) is 48.0 Å². The maximum Gasteiger partial charge on any atom is 0.408 e. The number of likely N-dealkylation sites (N-methyl/N-ethyl adjacent to an activating group) is 1. The van der Waals surface area contributed by atoms with Gasteiger partial charge in [0.25, 0.3) is 0 Å². The molecule has 8 rings (SSSR count). The van der Waals surface area contributed by atoms with Gasteiger partial charge in [-0.25, -0.2) is 4.79 Å². The molecular weight excluding hydrogens is 831 g/mol. The second-order valence-electron chi connectivity index (χ2n) is 15.1. The van der Waals surface area contributed by atoms with E-state index in [9.17, 15) is 23.1 Å². The molecule has 3 aromatic carbocycles. The van der Waals surface area contributed by atoms with Gasteiger partial charge in [0.2, 0.25) is 12.0 Å². The van der Waals surface area contributed by atoms with Crippen molar-refractivity contribution in [2.24, 2.45) is 7.05 Å². The van der Waals surface area contributed by atoms with E-state index >= 15 is 0 Å². The predicted molar refractivity (Wildman–Crippen MR) is 229 cm³/mol. The van der Waals surface area contributed by atoms with E-state index in [0.717, 1.165) is 76.5 Å². The molecule has 1 N–H and O–H groups in total. The monoisotopic (exact) mass is 873 g/mol. The fourth-order valence-electron chi connectivity index (χ4n) is 7.64. The van der Waals surface area contributed by atoms with Crippen LogP contribution in [0.2, 0.25) is 5.02 Å². The highest BCUT2D eigenvalue weighted by atomic mass is 35.5. The van der Waals surface area contributed by atoms with Crippen molar-refractivity contribution < 1.29 is 37.3 Å². The van der Waals surface area contributed by atoms with Crippen LogP contribution in [0.15, 0.2) is 85.3 Å². The molecule has 0 amide bonds. The summed E-state index contributed by atoms with van der Waals surface area (Å²) in [5.74, 6) is -0.301. The second-order valence-corrected chi connectivity index (χ2v) is 16.2. The molecule has 1 fully saturated rings. The Morgan fingerprint density at radius 3 is 2.56 bits per heavy atom. The lowest BCUT2D eigenvalue weighted by Crippen LogP contribution is -2.45. The van der Waals surface area contributed by atoms with Crippen molar-refractivity contribution in [1.82, 2.24) is 33.5 Å². The molecule has 5 heterocycles. The number of carboxylic acid groups (broad SMARTS) is 1. The van der Waals surface area contributed by atoms with Gasteiger partial charge >= 0.3 is 12.1 Å². The number of hydrogen-bond donors (Lipinski definition) is 1. The second kappa shape index (κ2) is 17.7. The number of piperazine rings is 1. The first-order valence-electron chi connectivity index (χ1n) is 19.7. The quantitative estimate of drug-likeness (QED) is 0.107. The Bertz CT molecular complexity index is 2690. The molecule has 1 unspecified atom stereocenters. The molecule has 1 aliphatic rings. The van der Waals surface area contributed by atoms with Crippen molar-refractivity contribution in [3.05, 3.63) is 107 Å². The zero-order valence-electron chi connectivity index (χ0n) is 33.7. The largest absolute Gasteiger partial charge is 0.491 e. The van der Waals surface area contributed by atoms with Crippen molar-refractivity contribution in [2.45, 2.75) is 38.8 Å². The topological polar surface area (TPSA) is 120 Å². The van der Waals surface area contributed by atoms with E-state index in [2.05, 4.69) is 26.3 Å². The number of benzene rings is 3. The molecule has 0 saturated carbocycles. The number of ether oxygens (including phenoxy) is 3. The Morgan fingerprint density at radius 2 is 1.77 bits per heavy atom. The Morgan fingerprint density at radius 1 is 0.967 bits per heavy atom. The van der Waals surface area contributed by atoms with Gasteiger partial charge in [0, 0.05) is 86.8 Å². The summed E-state index contributed by atoms with van der Waals surface area (Å²) >= 11 is 8.25. The molecule has 0 aliphatic carbocycles. The molecule has 7 aromatic rings. The summed E-state index contributed by atoms with van der Waals surface area (Å²) in [5, 5.41) is 16.3. The molecule has 0 spiro atoms. The van der Waals surface area contributed by atoms with Crippen LogP contribution < -0.4 is 14.2 Å². The summed E-state index contributed by atoms with van der Waals surface area (Å²) in [6.45, 7) is 5.65. The highest BCUT2D eigenvalue weighted by molar-refractivity contribution is 7.13. The van der Waals surface area contributed by atoms with E-state index in [1.165, 1.54) is 12.3 Å². The lowest BCUT2D eigenvalue weighted by Gasteiger charge is -2.32. The maximum atomic E-state index is 13.2. The van der Waals surface area contributed by atoms with Crippen molar-refractivity contribution in [1.29, 1.82) is 0 Å². The van der Waals surface area contributed by atoms with Crippen LogP contribution in [-0.2, 0) is 31.4 Å². The third-order valence-electron chi connectivity index (χ3n) is 11.0. The SMILES string of the molecule is Cc1c(-c2c(-c3cccc4c3ccn4C)ncc3snc(OC(Cc4ccccc4OCc4ccnn4CC(F)(F)F)C(=O)O)c23)ccc(OCCN2CCN(C)CC2)c1Cl. The maximum absolute atomic E-state index is 13.2. The highest BCUT2D eigenvalue weighted by Crippen LogP contribution is 2.47. The van der Waals surface area contributed by atoms with Gasteiger partial charge < -0.3 is 28.8 Å². The number of pyridine rings is 1. The molecule has 318 valence electrons. The van der Waals surface area contributed by atoms with E-state index in [1.807, 2.05) is 61.1 Å². The minimum Gasteiger partial charge on any atom is -0.491 e. The molecule has 0 bridgehead atoms. The molecule has 12 nitrogen and oxygen atoms in total. The normalized spacial score (nSPS) is 14.5. The lowest BCUT2D eigenvalue weighted by atomic mass is 9.92. The predicted octanol–water partition coefficient (Wildman–Crippen LogP) is 8.52. The van der Waals surface area contributed by atoms with Gasteiger partial charge in [-0.2, -0.15) is 22.6 Å². The highest BCUT2D eigenvalue weighted by Gasteiger charge is 2.31. The van der Waals surface area contributed by atoms with Gasteiger partial charge in [-0.15, -0.1) is 0 Å². The number of para-hydroxylation sites is 1. The summed E-state index contributed by atoms with van der Waals surface area (Å²) in [6.07, 6.45) is -1.08. The van der Waals surface area contributed by atoms with Crippen molar-refractivity contribution in [3.8, 4) is 39.8 Å². The fraction of sp³-hybridized carbons (Fsp3) is 0.318. The first-order valence-corrected chi connectivity index (χ1v) is 20.8. The van der Waals surface area contributed by atoms with Gasteiger partial charge in [-0.3, -0.25) is 14.6 Å². The number of halogens is 4. The number of fused-ring (bicyclic) bond motifs is 2. The van der Waals surface area contributed by atoms with Crippen molar-refractivity contribution in [3.63, 3.8) is 0 Å². The molecule has 1 atom stereocenters. The van der Waals surface area contributed by atoms with Gasteiger partial charge in [0.1, 0.15) is 31.3 Å². The van der Waals surface area contributed by atoms with Crippen LogP contribution >= 0.6 is 23.1 Å². The van der Waals surface area contributed by atoms with Crippen LogP contribution in [0.25, 0.3) is 43.4 Å². The Kier molecular flexibility index (Phi) is 12.2. The minimum atomic E-state index is -4.47. The Labute approximate surface area is 358 Å². The number of rotatable bonds is 15. The zero-order chi connectivity index (χ0) is 42.8. The molecule has 1 saturated heterocycles. The molecule has 61 heavy (non-hydrogen) atoms. The molecule has 4 aromatic heterocycles. The summed E-state index contributed by atoms with van der Waals surface area (Å²) < 4.78 is 66.2. The van der Waals surface area contributed by atoms with Gasteiger partial charge in [0.15, 0.2) is 0 Å². The van der Waals surface area contributed by atoms with Crippen molar-refractivity contribution in [2.75, 3.05) is 46.4 Å². The summed E-state index contributed by atoms with van der Waals surface area (Å²) in [7, 11) is 4.10. The van der Waals surface area contributed by atoms with E-state index < -0.39 is 24.8 Å². The van der Waals surface area contributed by atoms with Crippen molar-refractivity contribution >= 4 is 50.1 Å². The summed E-state index contributed by atoms with van der Waals surface area (Å²) in [5.41, 5.74) is 5.32. The number of hydrogen-bond acceptors (Lipinski definition) is 10. The number of alkyl halides is 3. The third-order valence-corrected chi connectivity index (χ3v) is 12.2. The molecule has 0 radical (unpaired) electrons. The lowest BCUT2D eigenvalue weighted by molar-refractivity contribution is -0.145. The van der Waals surface area contributed by atoms with E-state index in [1.54, 1.807) is 30.5 Å². The minimum absolute atomic E-state index is 0.101. The van der Waals surface area contributed by atoms with Crippen LogP contribution in [-0.4, -0.2) is 103 Å². The van der Waals surface area contributed by atoms with Crippen LogP contribution in [0.5, 0.6) is 17.4 Å². The summed E-state index contributed by atoms with van der Waals surface area (Å²) in [6, 6.07) is 20.0. The number of nitrogens with zero attached hydrogens (tertiary/aromatic N) is 7. The van der Waals surface area contributed by atoms with Crippen LogP contribution in [0, 0.1) is 6.92 Å². The van der Waals surface area contributed by atoms with Crippen LogP contribution in [0.1, 0.15) is 16.8 Å². The number of carboxylic acids is 1. The van der Waals surface area contributed by atoms with Gasteiger partial charge in [0.05, 0.1) is 26.5 Å². The van der Waals surface area contributed by atoms with Crippen LogP contribution in [0.3, 0.4) is 0 Å².